The summed E-state index contributed by atoms with van der Waals surface area (Å²) in [5.74, 6) is -1.89. The van der Waals surface area contributed by atoms with Gasteiger partial charge in [-0.1, -0.05) is 35.9 Å². The van der Waals surface area contributed by atoms with Crippen LogP contribution in [0.1, 0.15) is 6.42 Å². The molecule has 0 aliphatic heterocycles. The molecule has 2 N–H and O–H groups in total. The smallest absolute Gasteiger partial charge is 0.321 e. The molecule has 0 saturated heterocycles. The number of hydrogen-bond donors (Lipinski definition) is 2. The largest absolute Gasteiger partial charge is 0.480 e. The van der Waals surface area contributed by atoms with Gasteiger partial charge in [-0.2, -0.15) is 4.72 Å². The first-order chi connectivity index (χ1) is 12.5. The maximum atomic E-state index is 12.4. The number of sulfonamides is 1. The summed E-state index contributed by atoms with van der Waals surface area (Å²) in [6.07, 6.45) is 0.589. The lowest BCUT2D eigenvalue weighted by atomic mass is 10.1. The molecule has 2 aromatic rings. The summed E-state index contributed by atoms with van der Waals surface area (Å²) in [7, 11) is -7.54. The number of benzene rings is 2. The van der Waals surface area contributed by atoms with Gasteiger partial charge >= 0.3 is 5.97 Å². The summed E-state index contributed by atoms with van der Waals surface area (Å²) in [6, 6.07) is 11.3. The molecule has 0 fully saturated rings. The molecular weight excluding hydrogens is 414 g/mol. The van der Waals surface area contributed by atoms with E-state index in [1.54, 1.807) is 36.4 Å². The quantitative estimate of drug-likeness (QED) is 0.661. The fourth-order valence-corrected chi connectivity index (χ4v) is 4.30. The molecule has 0 aliphatic rings. The second-order valence-corrected chi connectivity index (χ2v) is 10.4. The van der Waals surface area contributed by atoms with Gasteiger partial charge in [0.15, 0.2) is 0 Å². The number of sulfone groups is 1. The van der Waals surface area contributed by atoms with Gasteiger partial charge in [0.05, 0.1) is 10.6 Å². The van der Waals surface area contributed by atoms with E-state index in [4.69, 9.17) is 16.7 Å². The fraction of sp³-hybridized carbons (Fsp3) is 0.235. The first kappa shape index (κ1) is 21.4. The summed E-state index contributed by atoms with van der Waals surface area (Å²) in [5, 5.41) is 9.74. The van der Waals surface area contributed by atoms with Crippen LogP contribution in [-0.2, 0) is 24.7 Å². The highest BCUT2D eigenvalue weighted by Gasteiger charge is 2.26. The highest BCUT2D eigenvalue weighted by atomic mass is 35.5. The van der Waals surface area contributed by atoms with Crippen molar-refractivity contribution in [1.82, 2.24) is 4.72 Å². The SMILES string of the molecule is CS(=O)(=O)CC[C@@H](NS(=O)(=O)c1ccc(-c2ccc(Cl)cc2)cc1)C(=O)O. The Kier molecular flexibility index (Phi) is 6.63. The Morgan fingerprint density at radius 3 is 1.93 bits per heavy atom. The minimum Gasteiger partial charge on any atom is -0.480 e. The molecule has 0 amide bonds. The van der Waals surface area contributed by atoms with Crippen LogP contribution in [0.4, 0.5) is 0 Å². The molecule has 7 nitrogen and oxygen atoms in total. The van der Waals surface area contributed by atoms with E-state index in [0.29, 0.717) is 5.02 Å². The van der Waals surface area contributed by atoms with Crippen LogP contribution in [0.3, 0.4) is 0 Å². The lowest BCUT2D eigenvalue weighted by Gasteiger charge is -2.14. The van der Waals surface area contributed by atoms with Crippen molar-refractivity contribution in [3.8, 4) is 11.1 Å². The van der Waals surface area contributed by atoms with Gasteiger partial charge in [0.25, 0.3) is 0 Å². The first-order valence-electron chi connectivity index (χ1n) is 7.77. The predicted octanol–water partition coefficient (Wildman–Crippen LogP) is 2.17. The minimum absolute atomic E-state index is 0.120. The molecule has 10 heteroatoms. The highest BCUT2D eigenvalue weighted by Crippen LogP contribution is 2.23. The average molecular weight is 432 g/mol. The number of carbonyl (C=O) groups is 1. The molecule has 0 saturated carbocycles. The average Bonchev–Trinajstić information content (AvgIpc) is 2.58. The maximum Gasteiger partial charge on any atom is 0.321 e. The Morgan fingerprint density at radius 1 is 1.00 bits per heavy atom. The van der Waals surface area contributed by atoms with E-state index in [-0.39, 0.29) is 11.3 Å². The van der Waals surface area contributed by atoms with Crippen LogP contribution < -0.4 is 4.72 Å². The molecule has 0 aromatic heterocycles. The molecule has 0 spiro atoms. The Hall–Kier alpha value is -1.94. The molecular formula is C17H18ClNO6S2. The molecule has 0 unspecified atom stereocenters. The van der Waals surface area contributed by atoms with Crippen molar-refractivity contribution in [2.24, 2.45) is 0 Å². The molecule has 146 valence electrons. The number of carboxylic acids is 1. The number of halogens is 1. The predicted molar refractivity (Wildman–Crippen MR) is 103 cm³/mol. The Morgan fingerprint density at radius 2 is 1.48 bits per heavy atom. The maximum absolute atomic E-state index is 12.4. The molecule has 0 heterocycles. The molecule has 1 atom stereocenters. The van der Waals surface area contributed by atoms with Gasteiger partial charge in [0.2, 0.25) is 10.0 Å². The third-order valence-electron chi connectivity index (χ3n) is 3.71. The van der Waals surface area contributed by atoms with Crippen LogP contribution in [0.5, 0.6) is 0 Å². The van der Waals surface area contributed by atoms with Gasteiger partial charge in [-0.3, -0.25) is 4.79 Å². The van der Waals surface area contributed by atoms with Crippen LogP contribution in [0.15, 0.2) is 53.4 Å². The van der Waals surface area contributed by atoms with Gasteiger partial charge in [-0.15, -0.1) is 0 Å². The molecule has 0 radical (unpaired) electrons. The second kappa shape index (κ2) is 8.39. The van der Waals surface area contributed by atoms with E-state index in [9.17, 15) is 21.6 Å². The topological polar surface area (TPSA) is 118 Å². The molecule has 2 rings (SSSR count). The zero-order chi connectivity index (χ0) is 20.2. The van der Waals surface area contributed by atoms with Gasteiger partial charge in [0, 0.05) is 11.3 Å². The van der Waals surface area contributed by atoms with E-state index >= 15 is 0 Å². The standard InChI is InChI=1S/C17H18ClNO6S2/c1-26(22,23)11-10-16(17(20)21)19-27(24,25)15-8-4-13(5-9-15)12-2-6-14(18)7-3-12/h2-9,16,19H,10-11H2,1H3,(H,20,21)/t16-/m1/s1. The number of aliphatic carboxylic acids is 1. The molecule has 0 bridgehead atoms. The Bertz CT molecular complexity index is 1020. The monoisotopic (exact) mass is 431 g/mol. The lowest BCUT2D eigenvalue weighted by Crippen LogP contribution is -2.41. The van der Waals surface area contributed by atoms with Crippen molar-refractivity contribution in [2.45, 2.75) is 17.4 Å². The van der Waals surface area contributed by atoms with Crippen molar-refractivity contribution < 1.29 is 26.7 Å². The number of rotatable bonds is 8. The van der Waals surface area contributed by atoms with Gasteiger partial charge in [-0.25, -0.2) is 16.8 Å². The van der Waals surface area contributed by atoms with Gasteiger partial charge in [0.1, 0.15) is 15.9 Å². The fourth-order valence-electron chi connectivity index (χ4n) is 2.29. The number of nitrogens with one attached hydrogen (secondary N) is 1. The summed E-state index contributed by atoms with van der Waals surface area (Å²) >= 11 is 5.84. The molecule has 0 aliphatic carbocycles. The highest BCUT2D eigenvalue weighted by molar-refractivity contribution is 7.90. The summed E-state index contributed by atoms with van der Waals surface area (Å²) in [4.78, 5) is 11.1. The van der Waals surface area contributed by atoms with Crippen LogP contribution >= 0.6 is 11.6 Å². The van der Waals surface area contributed by atoms with E-state index < -0.39 is 37.6 Å². The third-order valence-corrected chi connectivity index (χ3v) is 6.43. The zero-order valence-corrected chi connectivity index (χ0v) is 16.7. The number of hydrogen-bond acceptors (Lipinski definition) is 5. The Labute approximate surface area is 163 Å². The first-order valence-corrected chi connectivity index (χ1v) is 11.7. The third kappa shape index (κ3) is 6.31. The van der Waals surface area contributed by atoms with Gasteiger partial charge < -0.3 is 5.11 Å². The number of carboxylic acid groups (broad SMARTS) is 1. The summed E-state index contributed by atoms with van der Waals surface area (Å²) < 4.78 is 49.3. The van der Waals surface area contributed by atoms with E-state index in [2.05, 4.69) is 0 Å². The summed E-state index contributed by atoms with van der Waals surface area (Å²) in [6.45, 7) is 0. The lowest BCUT2D eigenvalue weighted by molar-refractivity contribution is -0.139. The van der Waals surface area contributed by atoms with E-state index in [1.165, 1.54) is 12.1 Å². The van der Waals surface area contributed by atoms with Crippen molar-refractivity contribution >= 4 is 37.4 Å². The van der Waals surface area contributed by atoms with Crippen molar-refractivity contribution in [3.05, 3.63) is 53.6 Å². The van der Waals surface area contributed by atoms with Gasteiger partial charge in [-0.05, 0) is 41.8 Å². The zero-order valence-electron chi connectivity index (χ0n) is 14.3. The van der Waals surface area contributed by atoms with E-state index in [0.717, 1.165) is 17.4 Å². The van der Waals surface area contributed by atoms with Crippen molar-refractivity contribution in [1.29, 1.82) is 0 Å². The van der Waals surface area contributed by atoms with Crippen molar-refractivity contribution in [3.63, 3.8) is 0 Å². The van der Waals surface area contributed by atoms with E-state index in [1.807, 2.05) is 4.72 Å². The minimum atomic E-state index is -4.12. The molecule has 27 heavy (non-hydrogen) atoms. The molecule has 2 aromatic carbocycles. The normalized spacial score (nSPS) is 13.3. The van der Waals surface area contributed by atoms with Crippen molar-refractivity contribution in [2.75, 3.05) is 12.0 Å². The van der Waals surface area contributed by atoms with Crippen LogP contribution in [0.2, 0.25) is 5.02 Å². The van der Waals surface area contributed by atoms with Crippen LogP contribution in [0, 0.1) is 0 Å². The summed E-state index contributed by atoms with van der Waals surface area (Å²) in [5.41, 5.74) is 1.60. The second-order valence-electron chi connectivity index (χ2n) is 5.96. The Balaban J connectivity index is 2.19. The van der Waals surface area contributed by atoms with Crippen LogP contribution in [0.25, 0.3) is 11.1 Å². The van der Waals surface area contributed by atoms with Crippen LogP contribution in [-0.4, -0.2) is 46.0 Å².